The summed E-state index contributed by atoms with van der Waals surface area (Å²) >= 11 is 0. The monoisotopic (exact) mass is 973 g/mol. The van der Waals surface area contributed by atoms with Crippen LogP contribution in [0.1, 0.15) is 11.1 Å². The van der Waals surface area contributed by atoms with Crippen molar-refractivity contribution in [2.75, 3.05) is 83.1 Å². The van der Waals surface area contributed by atoms with Crippen LogP contribution in [0.25, 0.3) is 22.1 Å². The Kier molecular flexibility index (Phi) is 13.3. The molecule has 0 bridgehead atoms. The van der Waals surface area contributed by atoms with E-state index in [0.29, 0.717) is 103 Å². The first-order chi connectivity index (χ1) is 35.0. The van der Waals surface area contributed by atoms with Crippen LogP contribution in [-0.2, 0) is 15.7 Å². The Hall–Kier alpha value is -9.06. The van der Waals surface area contributed by atoms with E-state index in [9.17, 15) is 28.0 Å². The van der Waals surface area contributed by atoms with Crippen LogP contribution in [0.15, 0.2) is 146 Å². The summed E-state index contributed by atoms with van der Waals surface area (Å²) in [7, 11) is 0. The number of hydrogen-bond acceptors (Lipinski definition) is 13. The molecule has 0 aliphatic carbocycles. The molecule has 0 spiro atoms. The zero-order valence-corrected chi connectivity index (χ0v) is 38.1. The highest BCUT2D eigenvalue weighted by Gasteiger charge is 2.32. The Morgan fingerprint density at radius 3 is 1.39 bits per heavy atom. The van der Waals surface area contributed by atoms with Gasteiger partial charge in [0.05, 0.1) is 89.5 Å². The quantitative estimate of drug-likeness (QED) is 0.124. The SMILES string of the molecule is N#Cc1ccc(N(C(=O)Nc2ccc(Oc3ccc4ncc(N5CCOCC5)nc4c3)cc2)N(C(=O)Nc2ccc(C(F)(F)F)cc2)c2ccc(Oc3ccc4ncc(N5CCOCC5)nc4c3)cc2)cc1. The summed E-state index contributed by atoms with van der Waals surface area (Å²) in [5.41, 5.74) is 2.63. The predicted octanol–water partition coefficient (Wildman–Crippen LogP) is 10.4. The molecule has 20 heteroatoms. The lowest BCUT2D eigenvalue weighted by atomic mass is 10.2. The summed E-state index contributed by atoms with van der Waals surface area (Å²) in [6, 6.07) is 33.6. The van der Waals surface area contributed by atoms with Crippen molar-refractivity contribution >= 4 is 68.5 Å². The molecule has 0 saturated carbocycles. The highest BCUT2D eigenvalue weighted by Crippen LogP contribution is 2.34. The van der Waals surface area contributed by atoms with E-state index >= 15 is 0 Å². The largest absolute Gasteiger partial charge is 0.457 e. The zero-order valence-electron chi connectivity index (χ0n) is 38.1. The lowest BCUT2D eigenvalue weighted by Crippen LogP contribution is -2.53. The maximum Gasteiger partial charge on any atom is 0.416 e. The third-order valence-corrected chi connectivity index (χ3v) is 11.6. The first kappa shape index (κ1) is 46.7. The van der Waals surface area contributed by atoms with E-state index in [0.717, 1.165) is 45.9 Å². The smallest absolute Gasteiger partial charge is 0.416 e. The van der Waals surface area contributed by atoms with Crippen molar-refractivity contribution in [3.05, 3.63) is 157 Å². The van der Waals surface area contributed by atoms with Crippen LogP contribution in [-0.4, -0.2) is 84.6 Å². The van der Waals surface area contributed by atoms with Gasteiger partial charge in [-0.1, -0.05) is 0 Å². The number of nitriles is 1. The summed E-state index contributed by atoms with van der Waals surface area (Å²) in [5, 5.41) is 17.1. The third-order valence-electron chi connectivity index (χ3n) is 11.6. The van der Waals surface area contributed by atoms with Crippen LogP contribution >= 0.6 is 0 Å². The summed E-state index contributed by atoms with van der Waals surface area (Å²) in [5.74, 6) is 3.24. The molecule has 2 N–H and O–H groups in total. The van der Waals surface area contributed by atoms with Crippen molar-refractivity contribution in [1.29, 1.82) is 5.26 Å². The van der Waals surface area contributed by atoms with Crippen molar-refractivity contribution in [2.24, 2.45) is 0 Å². The number of morpholine rings is 2. The lowest BCUT2D eigenvalue weighted by Gasteiger charge is -2.34. The minimum atomic E-state index is -4.61. The molecule has 72 heavy (non-hydrogen) atoms. The van der Waals surface area contributed by atoms with Crippen LogP contribution < -0.4 is 39.9 Å². The first-order valence-corrected chi connectivity index (χ1v) is 22.7. The zero-order chi connectivity index (χ0) is 49.6. The molecule has 2 aromatic heterocycles. The molecule has 2 aliphatic heterocycles. The van der Waals surface area contributed by atoms with Gasteiger partial charge in [-0.3, -0.25) is 9.97 Å². The van der Waals surface area contributed by atoms with Gasteiger partial charge in [0.1, 0.15) is 34.6 Å². The number of anilines is 6. The Bertz CT molecular complexity index is 3280. The number of benzene rings is 6. The minimum absolute atomic E-state index is 0.0147. The van der Waals surface area contributed by atoms with Gasteiger partial charge in [0.2, 0.25) is 0 Å². The Morgan fingerprint density at radius 1 is 0.556 bits per heavy atom. The highest BCUT2D eigenvalue weighted by molar-refractivity contribution is 6.13. The highest BCUT2D eigenvalue weighted by atomic mass is 19.4. The molecule has 0 radical (unpaired) electrons. The van der Waals surface area contributed by atoms with Crippen molar-refractivity contribution in [2.45, 2.75) is 6.18 Å². The molecule has 0 atom stereocenters. The van der Waals surface area contributed by atoms with Gasteiger partial charge in [0, 0.05) is 49.7 Å². The number of hydrogen-bond donors (Lipinski definition) is 2. The van der Waals surface area contributed by atoms with E-state index in [2.05, 4.69) is 30.4 Å². The normalized spacial score (nSPS) is 13.8. The van der Waals surface area contributed by atoms with E-state index in [4.69, 9.17) is 28.9 Å². The van der Waals surface area contributed by atoms with Crippen LogP contribution in [0.4, 0.5) is 57.1 Å². The van der Waals surface area contributed by atoms with Crippen LogP contribution in [0.2, 0.25) is 0 Å². The minimum Gasteiger partial charge on any atom is -0.457 e. The topological polar surface area (TPSA) is 183 Å². The molecule has 10 rings (SSSR count). The number of carbonyl (C=O) groups is 2. The van der Waals surface area contributed by atoms with Gasteiger partial charge in [0.15, 0.2) is 0 Å². The summed E-state index contributed by atoms with van der Waals surface area (Å²) in [6.45, 7) is 5.21. The maximum atomic E-state index is 14.7. The van der Waals surface area contributed by atoms with Crippen LogP contribution in [0, 0.1) is 11.3 Å². The number of halogens is 3. The number of rotatable bonds is 10. The molecule has 362 valence electrons. The number of nitrogens with one attached hydrogen (secondary N) is 2. The van der Waals surface area contributed by atoms with Gasteiger partial charge in [-0.05, 0) is 121 Å². The number of hydrazine groups is 1. The molecule has 2 saturated heterocycles. The van der Waals surface area contributed by atoms with Gasteiger partial charge in [-0.25, -0.2) is 19.6 Å². The van der Waals surface area contributed by atoms with Crippen molar-refractivity contribution in [1.82, 2.24) is 19.9 Å². The number of ether oxygens (including phenoxy) is 4. The van der Waals surface area contributed by atoms with E-state index in [1.807, 2.05) is 12.1 Å². The number of amides is 4. The number of fused-ring (bicyclic) bond motifs is 2. The second-order valence-electron chi connectivity index (χ2n) is 16.4. The van der Waals surface area contributed by atoms with E-state index in [-0.39, 0.29) is 22.6 Å². The molecule has 4 amide bonds. The van der Waals surface area contributed by atoms with Gasteiger partial charge < -0.3 is 39.4 Å². The standard InChI is InChI=1S/C52H42F3N11O6/c53-52(54,55)35-3-5-36(6-4-35)59-50(67)66(39-11-15-41(16-12-39)72-43-18-20-45-47(30-43)62-49(33-58-45)64-23-27-70-28-24-64)65(38-9-1-34(31-56)2-10-38)51(68)60-37-7-13-40(14-8-37)71-42-17-19-44-46(29-42)61-48(32-57-44)63-21-25-69-26-22-63/h1-20,29-30,32-33H,21-28H2,(H,59,67)(H,60,68). The van der Waals surface area contributed by atoms with Gasteiger partial charge >= 0.3 is 18.2 Å². The van der Waals surface area contributed by atoms with Gasteiger partial charge in [0.25, 0.3) is 0 Å². The average molecular weight is 974 g/mol. The molecule has 2 fully saturated rings. The van der Waals surface area contributed by atoms with Gasteiger partial charge in [-0.15, -0.1) is 0 Å². The van der Waals surface area contributed by atoms with Gasteiger partial charge in [-0.2, -0.15) is 28.5 Å². The number of aromatic nitrogens is 4. The predicted molar refractivity (Wildman–Crippen MR) is 264 cm³/mol. The van der Waals surface area contributed by atoms with Crippen LogP contribution in [0.5, 0.6) is 23.0 Å². The first-order valence-electron chi connectivity index (χ1n) is 22.7. The van der Waals surface area contributed by atoms with Crippen molar-refractivity contribution in [3.63, 3.8) is 0 Å². The summed E-state index contributed by atoms with van der Waals surface area (Å²) in [4.78, 5) is 52.2. The number of nitrogens with zero attached hydrogens (tertiary/aromatic N) is 9. The average Bonchev–Trinajstić information content (AvgIpc) is 3.41. The Morgan fingerprint density at radius 2 is 0.958 bits per heavy atom. The fourth-order valence-electron chi connectivity index (χ4n) is 7.93. The van der Waals surface area contributed by atoms with Crippen LogP contribution in [0.3, 0.4) is 0 Å². The van der Waals surface area contributed by atoms with E-state index < -0.39 is 23.8 Å². The molecular weight excluding hydrogens is 932 g/mol. The number of alkyl halides is 3. The Balaban J connectivity index is 0.925. The molecule has 4 heterocycles. The third kappa shape index (κ3) is 10.7. The second kappa shape index (κ2) is 20.5. The molecular formula is C52H42F3N11O6. The second-order valence-corrected chi connectivity index (χ2v) is 16.4. The Labute approximate surface area is 409 Å². The van der Waals surface area contributed by atoms with E-state index in [1.165, 1.54) is 36.4 Å². The lowest BCUT2D eigenvalue weighted by molar-refractivity contribution is -0.137. The molecule has 17 nitrogen and oxygen atoms in total. The molecule has 0 unspecified atom stereocenters. The van der Waals surface area contributed by atoms with Crippen molar-refractivity contribution < 1.29 is 41.7 Å². The van der Waals surface area contributed by atoms with E-state index in [1.54, 1.807) is 79.1 Å². The fourth-order valence-corrected chi connectivity index (χ4v) is 7.93. The molecule has 2 aliphatic rings. The van der Waals surface area contributed by atoms with Crippen molar-refractivity contribution in [3.8, 4) is 29.1 Å². The number of urea groups is 2. The maximum absolute atomic E-state index is 14.7. The summed E-state index contributed by atoms with van der Waals surface area (Å²) < 4.78 is 63.9. The fraction of sp³-hybridized carbons (Fsp3) is 0.173. The summed E-state index contributed by atoms with van der Waals surface area (Å²) in [6.07, 6.45) is -1.14. The molecule has 6 aromatic carbocycles. The molecule has 8 aromatic rings. The number of carbonyl (C=O) groups excluding carboxylic acids is 2.